The summed E-state index contributed by atoms with van der Waals surface area (Å²) in [5, 5.41) is 0. The van der Waals surface area contributed by atoms with Crippen molar-refractivity contribution in [2.24, 2.45) is 5.73 Å². The minimum atomic E-state index is 0.653. The minimum absolute atomic E-state index is 0.653. The van der Waals surface area contributed by atoms with Crippen molar-refractivity contribution in [3.05, 3.63) is 39.2 Å². The zero-order valence-corrected chi connectivity index (χ0v) is 12.3. The Morgan fingerprint density at radius 1 is 1.18 bits per heavy atom. The van der Waals surface area contributed by atoms with Gasteiger partial charge < -0.3 is 10.2 Å². The first-order valence-electron chi connectivity index (χ1n) is 5.30. The maximum Gasteiger partial charge on any atom is 0.194 e. The first-order chi connectivity index (χ1) is 8.19. The van der Waals surface area contributed by atoms with Crippen molar-refractivity contribution in [1.29, 1.82) is 0 Å². The van der Waals surface area contributed by atoms with Crippen LogP contribution in [-0.2, 0) is 6.42 Å². The summed E-state index contributed by atoms with van der Waals surface area (Å²) in [6.07, 6.45) is 3.42. The zero-order valence-electron chi connectivity index (χ0n) is 9.12. The molecule has 2 N–H and O–H groups in total. The van der Waals surface area contributed by atoms with E-state index in [0.717, 1.165) is 39.0 Å². The fourth-order valence-electron chi connectivity index (χ4n) is 1.51. The number of nitrogens with two attached hydrogens (primary N) is 1. The highest BCUT2D eigenvalue weighted by Gasteiger charge is 2.07. The molecule has 5 heteroatoms. The molecule has 0 aliphatic carbocycles. The summed E-state index contributed by atoms with van der Waals surface area (Å²) in [6, 6.07) is 5.98. The molecular weight excluding hydrogens is 348 g/mol. The molecule has 0 aliphatic heterocycles. The van der Waals surface area contributed by atoms with Crippen LogP contribution in [0.2, 0.25) is 0 Å². The molecule has 0 saturated heterocycles. The van der Waals surface area contributed by atoms with Gasteiger partial charge >= 0.3 is 0 Å². The summed E-state index contributed by atoms with van der Waals surface area (Å²) in [5.41, 5.74) is 6.45. The van der Waals surface area contributed by atoms with Crippen molar-refractivity contribution < 1.29 is 4.42 Å². The number of hydrogen-bond acceptors (Lipinski definition) is 3. The smallest absolute Gasteiger partial charge is 0.194 e. The van der Waals surface area contributed by atoms with Crippen LogP contribution in [0.5, 0.6) is 0 Å². The normalized spacial score (nSPS) is 10.8. The molecule has 0 aliphatic rings. The summed E-state index contributed by atoms with van der Waals surface area (Å²) in [7, 11) is 0. The lowest BCUT2D eigenvalue weighted by atomic mass is 10.2. The average molecular weight is 360 g/mol. The van der Waals surface area contributed by atoms with Crippen LogP contribution >= 0.6 is 31.9 Å². The van der Waals surface area contributed by atoms with E-state index in [1.54, 1.807) is 6.20 Å². The fraction of sp³-hybridized carbons (Fsp3) is 0.250. The monoisotopic (exact) mass is 358 g/mol. The molecule has 1 aromatic heterocycles. The van der Waals surface area contributed by atoms with Gasteiger partial charge in [0, 0.05) is 20.9 Å². The molecule has 1 aromatic carbocycles. The largest absolute Gasteiger partial charge is 0.441 e. The Hall–Kier alpha value is -0.650. The van der Waals surface area contributed by atoms with Crippen LogP contribution in [0.3, 0.4) is 0 Å². The first-order valence-corrected chi connectivity index (χ1v) is 6.89. The molecule has 1 heterocycles. The highest BCUT2D eigenvalue weighted by molar-refractivity contribution is 9.11. The zero-order chi connectivity index (χ0) is 12.3. The van der Waals surface area contributed by atoms with E-state index < -0.39 is 0 Å². The van der Waals surface area contributed by atoms with Gasteiger partial charge in [0.05, 0.1) is 6.20 Å². The number of nitrogens with zero attached hydrogens (tertiary/aromatic N) is 1. The van der Waals surface area contributed by atoms with E-state index in [-0.39, 0.29) is 0 Å². The van der Waals surface area contributed by atoms with Crippen LogP contribution in [0.25, 0.3) is 11.3 Å². The molecule has 2 aromatic rings. The van der Waals surface area contributed by atoms with Gasteiger partial charge in [-0.25, -0.2) is 4.98 Å². The average Bonchev–Trinajstić information content (AvgIpc) is 2.73. The quantitative estimate of drug-likeness (QED) is 0.904. The predicted octanol–water partition coefficient (Wildman–Crippen LogP) is 3.76. The van der Waals surface area contributed by atoms with E-state index in [4.69, 9.17) is 10.2 Å². The number of aryl methyl sites for hydroxylation is 1. The third-order valence-electron chi connectivity index (χ3n) is 2.30. The highest BCUT2D eigenvalue weighted by Crippen LogP contribution is 2.28. The maximum atomic E-state index is 5.67. The molecule has 0 bridgehead atoms. The van der Waals surface area contributed by atoms with Gasteiger partial charge in [-0.1, -0.05) is 31.9 Å². The predicted molar refractivity (Wildman–Crippen MR) is 74.7 cm³/mol. The van der Waals surface area contributed by atoms with Crippen molar-refractivity contribution in [2.75, 3.05) is 6.54 Å². The van der Waals surface area contributed by atoms with Crippen LogP contribution in [0.15, 0.2) is 37.8 Å². The lowest BCUT2D eigenvalue weighted by Gasteiger charge is -1.99. The molecule has 3 nitrogen and oxygen atoms in total. The second-order valence-electron chi connectivity index (χ2n) is 3.67. The third-order valence-corrected chi connectivity index (χ3v) is 3.21. The maximum absolute atomic E-state index is 5.67. The summed E-state index contributed by atoms with van der Waals surface area (Å²) in [4.78, 5) is 4.24. The van der Waals surface area contributed by atoms with Crippen LogP contribution in [0.4, 0.5) is 0 Å². The Morgan fingerprint density at radius 3 is 2.53 bits per heavy atom. The van der Waals surface area contributed by atoms with Gasteiger partial charge in [0.1, 0.15) is 0 Å². The van der Waals surface area contributed by atoms with Gasteiger partial charge in [0.2, 0.25) is 0 Å². The fourth-order valence-corrected chi connectivity index (χ4v) is 2.80. The Balaban J connectivity index is 2.24. The first kappa shape index (κ1) is 12.8. The van der Waals surface area contributed by atoms with Crippen LogP contribution in [0, 0.1) is 0 Å². The van der Waals surface area contributed by atoms with E-state index in [1.165, 1.54) is 0 Å². The Kier molecular flexibility index (Phi) is 4.36. The lowest BCUT2D eigenvalue weighted by Crippen LogP contribution is -2.00. The van der Waals surface area contributed by atoms with E-state index >= 15 is 0 Å². The molecule has 0 fully saturated rings. The van der Waals surface area contributed by atoms with E-state index in [2.05, 4.69) is 36.8 Å². The van der Waals surface area contributed by atoms with Crippen molar-refractivity contribution in [3.63, 3.8) is 0 Å². The topological polar surface area (TPSA) is 52.0 Å². The van der Waals surface area contributed by atoms with Crippen molar-refractivity contribution in [3.8, 4) is 11.3 Å². The number of hydrogen-bond donors (Lipinski definition) is 1. The summed E-state index contributed by atoms with van der Waals surface area (Å²) in [5.74, 6) is 1.51. The van der Waals surface area contributed by atoms with Gasteiger partial charge in [-0.2, -0.15) is 0 Å². The molecule has 17 heavy (non-hydrogen) atoms. The lowest BCUT2D eigenvalue weighted by molar-refractivity contribution is 0.499. The van der Waals surface area contributed by atoms with Gasteiger partial charge in [-0.15, -0.1) is 0 Å². The second kappa shape index (κ2) is 5.80. The molecule has 0 unspecified atom stereocenters. The summed E-state index contributed by atoms with van der Waals surface area (Å²) in [6.45, 7) is 0.653. The van der Waals surface area contributed by atoms with Crippen molar-refractivity contribution in [2.45, 2.75) is 12.8 Å². The van der Waals surface area contributed by atoms with E-state index in [0.29, 0.717) is 6.54 Å². The van der Waals surface area contributed by atoms with E-state index in [9.17, 15) is 0 Å². The number of halogens is 2. The molecule has 0 spiro atoms. The van der Waals surface area contributed by atoms with Gasteiger partial charge in [0.15, 0.2) is 11.7 Å². The molecule has 0 atom stereocenters. The Morgan fingerprint density at radius 2 is 1.88 bits per heavy atom. The van der Waals surface area contributed by atoms with Crippen LogP contribution in [0.1, 0.15) is 12.3 Å². The minimum Gasteiger partial charge on any atom is -0.441 e. The number of rotatable bonds is 4. The molecule has 90 valence electrons. The van der Waals surface area contributed by atoms with Crippen LogP contribution in [-0.4, -0.2) is 11.5 Å². The van der Waals surface area contributed by atoms with Crippen molar-refractivity contribution >= 4 is 31.9 Å². The molecular formula is C12H12Br2N2O. The number of benzene rings is 1. The van der Waals surface area contributed by atoms with Crippen molar-refractivity contribution in [1.82, 2.24) is 4.98 Å². The highest BCUT2D eigenvalue weighted by atomic mass is 79.9. The summed E-state index contributed by atoms with van der Waals surface area (Å²) < 4.78 is 7.68. The summed E-state index contributed by atoms with van der Waals surface area (Å²) >= 11 is 6.90. The third kappa shape index (κ3) is 3.40. The molecule has 0 amide bonds. The SMILES string of the molecule is NCCCc1ncc(-c2cc(Br)cc(Br)c2)o1. The molecule has 0 radical (unpaired) electrons. The number of oxazole rings is 1. The van der Waals surface area contributed by atoms with E-state index in [1.807, 2.05) is 18.2 Å². The van der Waals surface area contributed by atoms with Gasteiger partial charge in [-0.3, -0.25) is 0 Å². The second-order valence-corrected chi connectivity index (χ2v) is 5.50. The standard InChI is InChI=1S/C12H12Br2N2O/c13-9-4-8(5-10(14)6-9)11-7-16-12(17-11)2-1-3-15/h4-7H,1-3,15H2. The number of aromatic nitrogens is 1. The van der Waals surface area contributed by atoms with Gasteiger partial charge in [-0.05, 0) is 31.2 Å². The molecule has 2 rings (SSSR count). The Labute approximate surface area is 117 Å². The van der Waals surface area contributed by atoms with Gasteiger partial charge in [0.25, 0.3) is 0 Å². The van der Waals surface area contributed by atoms with Crippen LogP contribution < -0.4 is 5.73 Å². The Bertz CT molecular complexity index is 491. The molecule has 0 saturated carbocycles.